The molecule has 3 aromatic rings. The molecule has 1 N–H and O–H groups in total. The van der Waals surface area contributed by atoms with E-state index in [1.807, 2.05) is 24.3 Å². The molecule has 0 radical (unpaired) electrons. The molecule has 0 bridgehead atoms. The highest BCUT2D eigenvalue weighted by Gasteiger charge is 2.10. The number of aromatic nitrogens is 2. The predicted octanol–water partition coefficient (Wildman–Crippen LogP) is 3.24. The van der Waals surface area contributed by atoms with Crippen LogP contribution in [0.25, 0.3) is 11.4 Å². The minimum absolute atomic E-state index is 0.121. The Morgan fingerprint density at radius 2 is 1.54 bits per heavy atom. The third kappa shape index (κ3) is 4.48. The Morgan fingerprint density at radius 1 is 0.962 bits per heavy atom. The van der Waals surface area contributed by atoms with Crippen molar-refractivity contribution in [2.75, 3.05) is 26.1 Å². The molecule has 7 nitrogen and oxygen atoms in total. The number of carbonyl (C=O) groups excluding carboxylic acids is 1. The van der Waals surface area contributed by atoms with Crippen molar-refractivity contribution < 1.29 is 19.0 Å². The quantitative estimate of drug-likeness (QED) is 0.687. The SMILES string of the molecule is COc1ccc(OCC(=O)Nc2nc(-c3ccc(OC)cc3)ns2)cc1. The Morgan fingerprint density at radius 3 is 2.15 bits per heavy atom. The molecule has 8 heteroatoms. The predicted molar refractivity (Wildman–Crippen MR) is 99.0 cm³/mol. The van der Waals surface area contributed by atoms with Gasteiger partial charge in [0, 0.05) is 17.1 Å². The largest absolute Gasteiger partial charge is 0.497 e. The average Bonchev–Trinajstić information content (AvgIpc) is 3.15. The lowest BCUT2D eigenvalue weighted by Crippen LogP contribution is -2.20. The topological polar surface area (TPSA) is 82.6 Å². The molecule has 0 saturated carbocycles. The van der Waals surface area contributed by atoms with Crippen molar-refractivity contribution >= 4 is 22.6 Å². The van der Waals surface area contributed by atoms with Crippen molar-refractivity contribution in [3.63, 3.8) is 0 Å². The van der Waals surface area contributed by atoms with Gasteiger partial charge >= 0.3 is 0 Å². The average molecular weight is 371 g/mol. The Labute approximate surface area is 154 Å². The van der Waals surface area contributed by atoms with Crippen LogP contribution < -0.4 is 19.5 Å². The fourth-order valence-corrected chi connectivity index (χ4v) is 2.71. The van der Waals surface area contributed by atoms with Gasteiger partial charge < -0.3 is 14.2 Å². The van der Waals surface area contributed by atoms with Gasteiger partial charge in [-0.2, -0.15) is 9.36 Å². The van der Waals surface area contributed by atoms with Crippen LogP contribution in [0.4, 0.5) is 5.13 Å². The molecule has 0 aliphatic carbocycles. The smallest absolute Gasteiger partial charge is 0.264 e. The van der Waals surface area contributed by atoms with E-state index < -0.39 is 0 Å². The van der Waals surface area contributed by atoms with E-state index in [2.05, 4.69) is 14.7 Å². The summed E-state index contributed by atoms with van der Waals surface area (Å²) in [5.74, 6) is 2.30. The van der Waals surface area contributed by atoms with Crippen LogP contribution in [0.15, 0.2) is 48.5 Å². The van der Waals surface area contributed by atoms with Gasteiger partial charge in [0.2, 0.25) is 5.13 Å². The Hall–Kier alpha value is -3.13. The summed E-state index contributed by atoms with van der Waals surface area (Å²) >= 11 is 1.11. The molecule has 0 aliphatic heterocycles. The number of hydrogen-bond acceptors (Lipinski definition) is 7. The fourth-order valence-electron chi connectivity index (χ4n) is 2.11. The lowest BCUT2D eigenvalue weighted by atomic mass is 10.2. The molecule has 0 fully saturated rings. The zero-order valence-electron chi connectivity index (χ0n) is 14.3. The van der Waals surface area contributed by atoms with E-state index >= 15 is 0 Å². The van der Waals surface area contributed by atoms with Crippen molar-refractivity contribution in [3.05, 3.63) is 48.5 Å². The normalized spacial score (nSPS) is 10.2. The molecule has 1 heterocycles. The van der Waals surface area contributed by atoms with Gasteiger partial charge in [-0.05, 0) is 48.5 Å². The third-order valence-electron chi connectivity index (χ3n) is 3.45. The van der Waals surface area contributed by atoms with Crippen LogP contribution in [0.2, 0.25) is 0 Å². The summed E-state index contributed by atoms with van der Waals surface area (Å²) in [7, 11) is 3.20. The zero-order chi connectivity index (χ0) is 18.4. The minimum atomic E-state index is -0.307. The number of carbonyl (C=O) groups is 1. The first kappa shape index (κ1) is 17.7. The summed E-state index contributed by atoms with van der Waals surface area (Å²) < 4.78 is 19.9. The number of amides is 1. The van der Waals surface area contributed by atoms with Crippen molar-refractivity contribution in [3.8, 4) is 28.6 Å². The van der Waals surface area contributed by atoms with E-state index in [1.54, 1.807) is 38.5 Å². The molecule has 0 atom stereocenters. The molecule has 2 aromatic carbocycles. The van der Waals surface area contributed by atoms with Gasteiger partial charge in [0.25, 0.3) is 5.91 Å². The van der Waals surface area contributed by atoms with Gasteiger partial charge in [0.05, 0.1) is 14.2 Å². The number of nitrogens with one attached hydrogen (secondary N) is 1. The first-order chi connectivity index (χ1) is 12.7. The molecule has 1 aromatic heterocycles. The van der Waals surface area contributed by atoms with Gasteiger partial charge in [0.15, 0.2) is 12.4 Å². The Kier molecular flexibility index (Phi) is 5.65. The molecule has 0 saturated heterocycles. The maximum absolute atomic E-state index is 12.0. The summed E-state index contributed by atoms with van der Waals surface area (Å²) in [6, 6.07) is 14.4. The maximum atomic E-state index is 12.0. The molecule has 1 amide bonds. The fraction of sp³-hybridized carbons (Fsp3) is 0.167. The second-order valence-electron chi connectivity index (χ2n) is 5.16. The number of anilines is 1. The molecule has 134 valence electrons. The second kappa shape index (κ2) is 8.30. The molecule has 3 rings (SSSR count). The molecule has 0 unspecified atom stereocenters. The van der Waals surface area contributed by atoms with Crippen LogP contribution in [0.5, 0.6) is 17.2 Å². The van der Waals surface area contributed by atoms with E-state index in [1.165, 1.54) is 0 Å². The Balaban J connectivity index is 1.55. The second-order valence-corrected chi connectivity index (χ2v) is 5.92. The molecule has 0 aliphatic rings. The summed E-state index contributed by atoms with van der Waals surface area (Å²) in [5.41, 5.74) is 0.844. The van der Waals surface area contributed by atoms with Crippen molar-refractivity contribution in [2.24, 2.45) is 0 Å². The van der Waals surface area contributed by atoms with Crippen molar-refractivity contribution in [1.29, 1.82) is 0 Å². The van der Waals surface area contributed by atoms with Crippen LogP contribution in [-0.2, 0) is 4.79 Å². The van der Waals surface area contributed by atoms with Crippen LogP contribution in [0, 0.1) is 0 Å². The van der Waals surface area contributed by atoms with Gasteiger partial charge in [0.1, 0.15) is 17.2 Å². The lowest BCUT2D eigenvalue weighted by Gasteiger charge is -2.06. The standard InChI is InChI=1S/C18H17N3O4S/c1-23-13-5-3-12(4-6-13)17-20-18(26-21-17)19-16(22)11-25-15-9-7-14(24-2)8-10-15/h3-10H,11H2,1-2H3,(H,19,20,21,22). The number of ether oxygens (including phenoxy) is 3. The van der Waals surface area contributed by atoms with Crippen molar-refractivity contribution in [1.82, 2.24) is 9.36 Å². The van der Waals surface area contributed by atoms with E-state index in [-0.39, 0.29) is 12.5 Å². The highest BCUT2D eigenvalue weighted by Crippen LogP contribution is 2.23. The highest BCUT2D eigenvalue weighted by molar-refractivity contribution is 7.10. The molecular formula is C18H17N3O4S. The monoisotopic (exact) mass is 371 g/mol. The van der Waals surface area contributed by atoms with Crippen LogP contribution >= 0.6 is 11.5 Å². The zero-order valence-corrected chi connectivity index (χ0v) is 15.1. The van der Waals surface area contributed by atoms with Crippen molar-refractivity contribution in [2.45, 2.75) is 0 Å². The number of rotatable bonds is 7. The number of benzene rings is 2. The van der Waals surface area contributed by atoms with E-state index in [4.69, 9.17) is 14.2 Å². The number of nitrogens with zero attached hydrogens (tertiary/aromatic N) is 2. The van der Waals surface area contributed by atoms with E-state index in [0.717, 1.165) is 28.6 Å². The summed E-state index contributed by atoms with van der Waals surface area (Å²) in [6.45, 7) is -0.121. The Bertz CT molecular complexity index is 863. The molecule has 26 heavy (non-hydrogen) atoms. The summed E-state index contributed by atoms with van der Waals surface area (Å²) in [5, 5.41) is 3.09. The number of hydrogen-bond donors (Lipinski definition) is 1. The van der Waals surface area contributed by atoms with Crippen LogP contribution in [0.3, 0.4) is 0 Å². The third-order valence-corrected chi connectivity index (χ3v) is 4.08. The van der Waals surface area contributed by atoms with Gasteiger partial charge in [-0.15, -0.1) is 0 Å². The first-order valence-corrected chi connectivity index (χ1v) is 8.50. The highest BCUT2D eigenvalue weighted by atomic mass is 32.1. The maximum Gasteiger partial charge on any atom is 0.264 e. The summed E-state index contributed by atoms with van der Waals surface area (Å²) in [6.07, 6.45) is 0. The summed E-state index contributed by atoms with van der Waals surface area (Å²) in [4.78, 5) is 16.3. The van der Waals surface area contributed by atoms with E-state index in [0.29, 0.717) is 16.7 Å². The van der Waals surface area contributed by atoms with Gasteiger partial charge in [-0.3, -0.25) is 10.1 Å². The number of methoxy groups -OCH3 is 2. The van der Waals surface area contributed by atoms with Crippen LogP contribution in [0.1, 0.15) is 0 Å². The van der Waals surface area contributed by atoms with Gasteiger partial charge in [-0.25, -0.2) is 0 Å². The van der Waals surface area contributed by atoms with Crippen LogP contribution in [-0.4, -0.2) is 36.1 Å². The van der Waals surface area contributed by atoms with E-state index in [9.17, 15) is 4.79 Å². The minimum Gasteiger partial charge on any atom is -0.497 e. The first-order valence-electron chi connectivity index (χ1n) is 7.73. The van der Waals surface area contributed by atoms with Gasteiger partial charge in [-0.1, -0.05) is 0 Å². The molecular weight excluding hydrogens is 354 g/mol. The lowest BCUT2D eigenvalue weighted by molar-refractivity contribution is -0.118. The molecule has 0 spiro atoms.